The van der Waals surface area contributed by atoms with E-state index in [1.807, 2.05) is 0 Å². The van der Waals surface area contributed by atoms with Crippen LogP contribution in [0.1, 0.15) is 20.8 Å². The summed E-state index contributed by atoms with van der Waals surface area (Å²) in [5, 5.41) is 190. The van der Waals surface area contributed by atoms with Gasteiger partial charge in [-0.25, -0.2) is 0 Å². The maximum Gasteiger partial charge on any atom is 0.217 e. The van der Waals surface area contributed by atoms with E-state index in [9.17, 15) is 101 Å². The van der Waals surface area contributed by atoms with E-state index in [1.54, 1.807) is 0 Å². The molecule has 34 nitrogen and oxygen atoms in total. The van der Waals surface area contributed by atoms with Gasteiger partial charge in [-0.1, -0.05) is 0 Å². The third-order valence-electron chi connectivity index (χ3n) is 13.6. The van der Waals surface area contributed by atoms with E-state index in [4.69, 9.17) is 52.1 Å². The van der Waals surface area contributed by atoms with Crippen molar-refractivity contribution >= 4 is 17.7 Å². The number of amides is 3. The van der Waals surface area contributed by atoms with E-state index in [0.29, 0.717) is 0 Å². The lowest BCUT2D eigenvalue weighted by atomic mass is 9.94. The zero-order valence-corrected chi connectivity index (χ0v) is 40.9. The smallest absolute Gasteiger partial charge is 0.217 e. The molecule has 6 fully saturated rings. The van der Waals surface area contributed by atoms with E-state index in [0.717, 1.165) is 20.8 Å². The van der Waals surface area contributed by atoms with Crippen molar-refractivity contribution in [3.05, 3.63) is 0 Å². The van der Waals surface area contributed by atoms with E-state index < -0.39 is 241 Å². The number of aliphatic hydroxyl groups excluding tert-OH is 17. The molecule has 0 spiro atoms. The molecule has 30 atom stereocenters. The summed E-state index contributed by atoms with van der Waals surface area (Å²) in [5.41, 5.74) is 0. The molecule has 0 radical (unpaired) electrons. The second-order valence-electron chi connectivity index (χ2n) is 19.0. The van der Waals surface area contributed by atoms with E-state index in [1.165, 1.54) is 0 Å². The van der Waals surface area contributed by atoms with Gasteiger partial charge in [0.25, 0.3) is 0 Å². The van der Waals surface area contributed by atoms with Crippen molar-refractivity contribution in [2.75, 3.05) is 39.6 Å². The first kappa shape index (κ1) is 62.5. The number of hydrogen-bond acceptors (Lipinski definition) is 31. The van der Waals surface area contributed by atoms with Crippen LogP contribution in [0, 0.1) is 0 Å². The number of carbonyl (C=O) groups excluding carboxylic acids is 3. The lowest BCUT2D eigenvalue weighted by molar-refractivity contribution is -0.387. The van der Waals surface area contributed by atoms with Crippen LogP contribution in [0.2, 0.25) is 0 Å². The summed E-state index contributed by atoms with van der Waals surface area (Å²) in [4.78, 5) is 36.7. The van der Waals surface area contributed by atoms with Gasteiger partial charge in [-0.3, -0.25) is 14.4 Å². The summed E-state index contributed by atoms with van der Waals surface area (Å²) in [6.45, 7) is -2.65. The maximum absolute atomic E-state index is 12.6. The zero-order chi connectivity index (χ0) is 56.2. The molecule has 0 aromatic heterocycles. The molecule has 0 bridgehead atoms. The highest BCUT2D eigenvalue weighted by Gasteiger charge is 2.57. The minimum atomic E-state index is -2.29. The number of nitrogens with one attached hydrogen (secondary N) is 3. The summed E-state index contributed by atoms with van der Waals surface area (Å²) in [6, 6.07) is -4.92. The summed E-state index contributed by atoms with van der Waals surface area (Å²) in [7, 11) is 0. The molecule has 34 heteroatoms. The summed E-state index contributed by atoms with van der Waals surface area (Å²) in [6.07, 6.45) is -51.6. The Labute approximate surface area is 431 Å². The zero-order valence-electron chi connectivity index (χ0n) is 40.9. The molecule has 6 heterocycles. The van der Waals surface area contributed by atoms with E-state index >= 15 is 0 Å². The topological polar surface area (TPSA) is 533 Å². The second kappa shape index (κ2) is 27.2. The third-order valence-corrected chi connectivity index (χ3v) is 13.6. The van der Waals surface area contributed by atoms with Gasteiger partial charge in [0, 0.05) is 20.8 Å². The molecule has 6 aliphatic heterocycles. The molecule has 0 saturated carbocycles. The molecule has 6 saturated heterocycles. The standard InChI is InChI=1S/C42H71N3O31/c1-10(51)43-19-27(59)33(16(7-49)67-37(19)65)73-39-21(45-12(3)53)28(60)34(17(8-50)71-39)74-41-32(64)35(75-40-31(63)29(61)23(55)14(5-47)69-40)25(57)18(72-41)9-66-42-36(30(62)24(56)15(6-48)70-42)76-38-20(44-11(2)52)26(58)22(54)13(4-46)68-38/h13-42,46-50,54-65H,4-9H2,1-3H3,(H,43,51)(H,44,52)(H,45,53)/t13-,14-,15-,16-,17-,18-,19-,20-,21-,22-,23-,24-,25-,26-,27-,28-,29+,30+,31+,32+,33-,34-,35+,36+,37-,38+,39+,40-,41-,42+/m1/s1. The molecule has 0 aliphatic carbocycles. The Bertz CT molecular complexity index is 1870. The second-order valence-corrected chi connectivity index (χ2v) is 19.0. The molecule has 0 unspecified atom stereocenters. The first-order valence-corrected chi connectivity index (χ1v) is 24.1. The van der Waals surface area contributed by atoms with Gasteiger partial charge in [-0.05, 0) is 0 Å². The highest BCUT2D eigenvalue weighted by molar-refractivity contribution is 5.74. The van der Waals surface area contributed by atoms with Gasteiger partial charge < -0.3 is 155 Å². The third kappa shape index (κ3) is 13.7. The van der Waals surface area contributed by atoms with Crippen LogP contribution in [0.3, 0.4) is 0 Å². The van der Waals surface area contributed by atoms with Crippen molar-refractivity contribution in [2.24, 2.45) is 0 Å². The van der Waals surface area contributed by atoms with Crippen molar-refractivity contribution in [1.29, 1.82) is 0 Å². The molecular formula is C42H71N3O31. The van der Waals surface area contributed by atoms with Gasteiger partial charge in [0.05, 0.1) is 39.6 Å². The summed E-state index contributed by atoms with van der Waals surface area (Å²) >= 11 is 0. The Hall–Kier alpha value is -2.71. The first-order valence-electron chi connectivity index (χ1n) is 24.1. The molecule has 6 rings (SSSR count). The Balaban J connectivity index is 1.30. The molecule has 0 aromatic carbocycles. The lowest BCUT2D eigenvalue weighted by Gasteiger charge is -2.50. The summed E-state index contributed by atoms with van der Waals surface area (Å²) < 4.78 is 63.6. The van der Waals surface area contributed by atoms with Crippen LogP contribution in [0.4, 0.5) is 0 Å². The fraction of sp³-hybridized carbons (Fsp3) is 0.929. The van der Waals surface area contributed by atoms with Crippen molar-refractivity contribution < 1.29 is 153 Å². The Morgan fingerprint density at radius 3 is 1.24 bits per heavy atom. The average Bonchev–Trinajstić information content (AvgIpc) is 3.38. The van der Waals surface area contributed by atoms with Crippen LogP contribution in [-0.2, 0) is 66.5 Å². The molecule has 6 aliphatic rings. The quantitative estimate of drug-likeness (QED) is 0.0571. The molecule has 20 N–H and O–H groups in total. The predicted octanol–water partition coefficient (Wildman–Crippen LogP) is -13.7. The van der Waals surface area contributed by atoms with Crippen LogP contribution in [-0.4, -0.2) is 328 Å². The van der Waals surface area contributed by atoms with Gasteiger partial charge in [0.1, 0.15) is 146 Å². The Morgan fingerprint density at radius 1 is 0.342 bits per heavy atom. The number of ether oxygens (including phenoxy) is 11. The molecule has 76 heavy (non-hydrogen) atoms. The van der Waals surface area contributed by atoms with Crippen LogP contribution in [0.5, 0.6) is 0 Å². The van der Waals surface area contributed by atoms with Crippen LogP contribution in [0.25, 0.3) is 0 Å². The Kier molecular flexibility index (Phi) is 22.3. The normalized spacial score (nSPS) is 48.2. The monoisotopic (exact) mass is 1110 g/mol. The predicted molar refractivity (Wildman–Crippen MR) is 234 cm³/mol. The van der Waals surface area contributed by atoms with Crippen molar-refractivity contribution in [2.45, 2.75) is 205 Å². The highest BCUT2D eigenvalue weighted by atomic mass is 16.8. The van der Waals surface area contributed by atoms with Crippen molar-refractivity contribution in [3.63, 3.8) is 0 Å². The number of carbonyl (C=O) groups is 3. The van der Waals surface area contributed by atoms with Crippen LogP contribution >= 0.6 is 0 Å². The van der Waals surface area contributed by atoms with E-state index in [2.05, 4.69) is 16.0 Å². The van der Waals surface area contributed by atoms with Gasteiger partial charge in [0.2, 0.25) is 17.7 Å². The van der Waals surface area contributed by atoms with Gasteiger partial charge in [-0.15, -0.1) is 0 Å². The first-order chi connectivity index (χ1) is 35.9. The van der Waals surface area contributed by atoms with E-state index in [-0.39, 0.29) is 0 Å². The maximum atomic E-state index is 12.6. The SMILES string of the molecule is CC(=O)N[C@@H]1[C@@H](O)[C@H](O[C@@H]2O[C@H](CO)[C@@H](O[C@H]3O[C@H](CO[C@H]4O[C@H](CO)[C@@H](O)[C@H](O)[C@@H]4O[C@@H]4O[C@H](CO)[C@@H](O)[C@H](O)[C@H]4NC(C)=O)[C@@H](O)[C@H](O[C@H]4O[C@H](CO)[C@@H](O)[C@H](O)[C@@H]4O)[C@@H]3O)[C@H](O)[C@H]2NC(C)=O)[C@@H](CO)O[C@H]1O. The number of aliphatic hydroxyl groups is 17. The van der Waals surface area contributed by atoms with Gasteiger partial charge in [0.15, 0.2) is 37.7 Å². The van der Waals surface area contributed by atoms with Crippen LogP contribution in [0.15, 0.2) is 0 Å². The number of hydrogen-bond donors (Lipinski definition) is 20. The fourth-order valence-corrected chi connectivity index (χ4v) is 9.60. The molecular weight excluding hydrogens is 1040 g/mol. The average molecular weight is 1110 g/mol. The van der Waals surface area contributed by atoms with Crippen LogP contribution < -0.4 is 16.0 Å². The minimum Gasteiger partial charge on any atom is -0.394 e. The van der Waals surface area contributed by atoms with Crippen molar-refractivity contribution in [1.82, 2.24) is 16.0 Å². The molecule has 3 amide bonds. The van der Waals surface area contributed by atoms with Crippen molar-refractivity contribution in [3.8, 4) is 0 Å². The highest BCUT2D eigenvalue weighted by Crippen LogP contribution is 2.36. The molecule has 0 aromatic rings. The minimum absolute atomic E-state index is 0.721. The van der Waals surface area contributed by atoms with Gasteiger partial charge in [-0.2, -0.15) is 0 Å². The largest absolute Gasteiger partial charge is 0.394 e. The Morgan fingerprint density at radius 2 is 0.711 bits per heavy atom. The number of rotatable bonds is 19. The molecule has 440 valence electrons. The summed E-state index contributed by atoms with van der Waals surface area (Å²) in [5.74, 6) is -2.33. The van der Waals surface area contributed by atoms with Gasteiger partial charge >= 0.3 is 0 Å². The lowest BCUT2D eigenvalue weighted by Crippen LogP contribution is -2.70. The fourth-order valence-electron chi connectivity index (χ4n) is 9.60.